The first-order chi connectivity index (χ1) is 9.04. The molecule has 0 unspecified atom stereocenters. The largest absolute Gasteiger partial charge is 0.374 e. The molecule has 0 spiro atoms. The molecule has 0 saturated heterocycles. The van der Waals surface area contributed by atoms with Crippen molar-refractivity contribution in [1.82, 2.24) is 25.3 Å². The van der Waals surface area contributed by atoms with Gasteiger partial charge in [-0.15, -0.1) is 10.2 Å². The normalized spacial score (nSPS) is 12.8. The molecule has 1 atom stereocenters. The highest BCUT2D eigenvalue weighted by atomic mass is 32.1. The second-order valence-electron chi connectivity index (χ2n) is 4.75. The van der Waals surface area contributed by atoms with E-state index in [1.54, 1.807) is 0 Å². The Morgan fingerprint density at radius 2 is 2.21 bits per heavy atom. The summed E-state index contributed by atoms with van der Waals surface area (Å²) in [5.41, 5.74) is 7.81. The molecule has 7 heteroatoms. The van der Waals surface area contributed by atoms with Gasteiger partial charge >= 0.3 is 0 Å². The standard InChI is InChI=1S/C12H20N6S/c1-8-6-10(3)18(17-8)7-9(2)14-5-4-11-15-16-12(13)19-11/h6,9,14H,4-5,7H2,1-3H3,(H2,13,16)/t9-/m1/s1. The second-order valence-corrected chi connectivity index (χ2v) is 5.84. The molecular formula is C12H20N6S. The van der Waals surface area contributed by atoms with Gasteiger partial charge in [-0.05, 0) is 26.8 Å². The first-order valence-electron chi connectivity index (χ1n) is 6.37. The molecule has 6 nitrogen and oxygen atoms in total. The number of rotatable bonds is 6. The minimum Gasteiger partial charge on any atom is -0.374 e. The van der Waals surface area contributed by atoms with E-state index in [4.69, 9.17) is 5.73 Å². The van der Waals surface area contributed by atoms with Crippen molar-refractivity contribution in [1.29, 1.82) is 0 Å². The van der Waals surface area contributed by atoms with Gasteiger partial charge in [0, 0.05) is 24.7 Å². The summed E-state index contributed by atoms with van der Waals surface area (Å²) in [6.07, 6.45) is 0.857. The summed E-state index contributed by atoms with van der Waals surface area (Å²) in [4.78, 5) is 0. The maximum Gasteiger partial charge on any atom is 0.203 e. The SMILES string of the molecule is Cc1cc(C)n(C[C@@H](C)NCCc2nnc(N)s2)n1. The van der Waals surface area contributed by atoms with Crippen molar-refractivity contribution >= 4 is 16.5 Å². The lowest BCUT2D eigenvalue weighted by atomic mass is 10.3. The van der Waals surface area contributed by atoms with Gasteiger partial charge in [0.2, 0.25) is 5.13 Å². The number of aryl methyl sites for hydroxylation is 2. The molecule has 2 rings (SSSR count). The molecule has 104 valence electrons. The van der Waals surface area contributed by atoms with E-state index in [1.807, 2.05) is 11.6 Å². The average molecular weight is 280 g/mol. The Morgan fingerprint density at radius 1 is 1.42 bits per heavy atom. The van der Waals surface area contributed by atoms with Crippen LogP contribution in [0.1, 0.15) is 23.3 Å². The predicted molar refractivity (Wildman–Crippen MR) is 77.2 cm³/mol. The van der Waals surface area contributed by atoms with Crippen LogP contribution in [0.3, 0.4) is 0 Å². The third kappa shape index (κ3) is 4.00. The minimum atomic E-state index is 0.364. The summed E-state index contributed by atoms with van der Waals surface area (Å²) in [6, 6.07) is 2.46. The van der Waals surface area contributed by atoms with Crippen molar-refractivity contribution in [3.63, 3.8) is 0 Å². The summed E-state index contributed by atoms with van der Waals surface area (Å²) < 4.78 is 2.04. The summed E-state index contributed by atoms with van der Waals surface area (Å²) in [5, 5.41) is 17.2. The lowest BCUT2D eigenvalue weighted by Gasteiger charge is -2.14. The molecule has 0 aliphatic heterocycles. The van der Waals surface area contributed by atoms with Crippen molar-refractivity contribution in [3.8, 4) is 0 Å². The third-order valence-electron chi connectivity index (χ3n) is 2.86. The number of nitrogen functional groups attached to an aromatic ring is 1. The third-order valence-corrected chi connectivity index (χ3v) is 3.68. The van der Waals surface area contributed by atoms with Crippen LogP contribution in [0, 0.1) is 13.8 Å². The number of nitrogens with zero attached hydrogens (tertiary/aromatic N) is 4. The van der Waals surface area contributed by atoms with E-state index in [0.717, 1.165) is 30.2 Å². The van der Waals surface area contributed by atoms with Gasteiger partial charge in [-0.3, -0.25) is 4.68 Å². The highest BCUT2D eigenvalue weighted by Gasteiger charge is 2.07. The monoisotopic (exact) mass is 280 g/mol. The van der Waals surface area contributed by atoms with E-state index >= 15 is 0 Å². The Hall–Kier alpha value is -1.47. The van der Waals surface area contributed by atoms with Crippen LogP contribution < -0.4 is 11.1 Å². The van der Waals surface area contributed by atoms with Gasteiger partial charge in [0.1, 0.15) is 5.01 Å². The highest BCUT2D eigenvalue weighted by Crippen LogP contribution is 2.10. The van der Waals surface area contributed by atoms with Crippen molar-refractivity contribution in [3.05, 3.63) is 22.5 Å². The van der Waals surface area contributed by atoms with Crippen LogP contribution >= 0.6 is 11.3 Å². The van der Waals surface area contributed by atoms with Crippen LogP contribution in [0.15, 0.2) is 6.07 Å². The quantitative estimate of drug-likeness (QED) is 0.829. The molecule has 0 fully saturated rings. The van der Waals surface area contributed by atoms with Gasteiger partial charge < -0.3 is 11.1 Å². The molecule has 2 aromatic heterocycles. The van der Waals surface area contributed by atoms with Crippen molar-refractivity contribution < 1.29 is 0 Å². The van der Waals surface area contributed by atoms with Gasteiger partial charge in [0.15, 0.2) is 0 Å². The van der Waals surface area contributed by atoms with Crippen LogP contribution in [-0.2, 0) is 13.0 Å². The number of nitrogens with two attached hydrogens (primary N) is 1. The first kappa shape index (κ1) is 14.0. The number of nitrogens with one attached hydrogen (secondary N) is 1. The van der Waals surface area contributed by atoms with Gasteiger partial charge in [0.05, 0.1) is 12.2 Å². The molecule has 0 amide bonds. The van der Waals surface area contributed by atoms with Gasteiger partial charge in [0.25, 0.3) is 0 Å². The number of anilines is 1. The summed E-state index contributed by atoms with van der Waals surface area (Å²) in [6.45, 7) is 8.00. The van der Waals surface area contributed by atoms with Gasteiger partial charge in [-0.25, -0.2) is 0 Å². The van der Waals surface area contributed by atoms with E-state index in [-0.39, 0.29) is 0 Å². The van der Waals surface area contributed by atoms with E-state index in [1.165, 1.54) is 17.0 Å². The molecule has 19 heavy (non-hydrogen) atoms. The summed E-state index contributed by atoms with van der Waals surface area (Å²) >= 11 is 1.45. The molecule has 0 aliphatic carbocycles. The molecule has 0 radical (unpaired) electrons. The molecule has 2 aromatic rings. The fourth-order valence-electron chi connectivity index (χ4n) is 1.98. The first-order valence-corrected chi connectivity index (χ1v) is 7.18. The topological polar surface area (TPSA) is 81.7 Å². The van der Waals surface area contributed by atoms with Crippen LogP contribution in [-0.4, -0.2) is 32.6 Å². The summed E-state index contributed by atoms with van der Waals surface area (Å²) in [5.74, 6) is 0. The Kier molecular flexibility index (Phi) is 4.49. The number of aromatic nitrogens is 4. The Morgan fingerprint density at radius 3 is 2.79 bits per heavy atom. The van der Waals surface area contributed by atoms with Gasteiger partial charge in [-0.2, -0.15) is 5.10 Å². The van der Waals surface area contributed by atoms with E-state index in [9.17, 15) is 0 Å². The zero-order valence-corrected chi connectivity index (χ0v) is 12.4. The van der Waals surface area contributed by atoms with Crippen LogP contribution in [0.4, 0.5) is 5.13 Å². The zero-order chi connectivity index (χ0) is 13.8. The van der Waals surface area contributed by atoms with Crippen molar-refractivity contribution in [2.75, 3.05) is 12.3 Å². The van der Waals surface area contributed by atoms with Crippen LogP contribution in [0.25, 0.3) is 0 Å². The molecule has 0 bridgehead atoms. The predicted octanol–water partition coefficient (Wildman–Crippen LogP) is 1.15. The minimum absolute atomic E-state index is 0.364. The van der Waals surface area contributed by atoms with Gasteiger partial charge in [-0.1, -0.05) is 11.3 Å². The maximum absolute atomic E-state index is 5.54. The lowest BCUT2D eigenvalue weighted by molar-refractivity contribution is 0.447. The average Bonchev–Trinajstić information content (AvgIpc) is 2.86. The fraction of sp³-hybridized carbons (Fsp3) is 0.583. The van der Waals surface area contributed by atoms with Crippen LogP contribution in [0.5, 0.6) is 0 Å². The van der Waals surface area contributed by atoms with Crippen molar-refractivity contribution in [2.45, 2.75) is 39.8 Å². The highest BCUT2D eigenvalue weighted by molar-refractivity contribution is 7.15. The Labute approximate surface area is 117 Å². The second kappa shape index (κ2) is 6.12. The fourth-order valence-corrected chi connectivity index (χ4v) is 2.59. The van der Waals surface area contributed by atoms with E-state index in [2.05, 4.69) is 40.5 Å². The number of hydrogen-bond acceptors (Lipinski definition) is 6. The molecule has 0 aliphatic rings. The Bertz CT molecular complexity index is 532. The molecular weight excluding hydrogens is 260 g/mol. The van der Waals surface area contributed by atoms with Crippen LogP contribution in [0.2, 0.25) is 0 Å². The van der Waals surface area contributed by atoms with Crippen molar-refractivity contribution in [2.24, 2.45) is 0 Å². The number of hydrogen-bond donors (Lipinski definition) is 2. The lowest BCUT2D eigenvalue weighted by Crippen LogP contribution is -2.32. The molecule has 0 saturated carbocycles. The zero-order valence-electron chi connectivity index (χ0n) is 11.6. The Balaban J connectivity index is 1.75. The maximum atomic E-state index is 5.54. The molecule has 3 N–H and O–H groups in total. The summed E-state index contributed by atoms with van der Waals surface area (Å²) in [7, 11) is 0. The van der Waals surface area contributed by atoms with E-state index < -0.39 is 0 Å². The molecule has 0 aromatic carbocycles. The van der Waals surface area contributed by atoms with E-state index in [0.29, 0.717) is 11.2 Å². The smallest absolute Gasteiger partial charge is 0.203 e. The molecule has 2 heterocycles.